The first-order valence-electron chi connectivity index (χ1n) is 11.5. The van der Waals surface area contributed by atoms with Crippen LogP contribution < -0.4 is 0 Å². The van der Waals surface area contributed by atoms with E-state index in [9.17, 15) is 0 Å². The Bertz CT molecular complexity index is 741. The first-order valence-corrected chi connectivity index (χ1v) is 11.5. The second-order valence-corrected chi connectivity index (χ2v) is 10.5. The molecule has 144 valence electrons. The van der Waals surface area contributed by atoms with Crippen LogP contribution in [-0.2, 0) is 6.42 Å². The number of hydrogen-bond donors (Lipinski definition) is 0. The van der Waals surface area contributed by atoms with Gasteiger partial charge in [0.1, 0.15) is 0 Å². The van der Waals surface area contributed by atoms with Crippen LogP contribution >= 0.6 is 0 Å². The molecule has 0 heteroatoms. The van der Waals surface area contributed by atoms with Crippen LogP contribution in [0.15, 0.2) is 54.1 Å². The highest BCUT2D eigenvalue weighted by molar-refractivity contribution is 5.27. The normalized spacial score (nSPS) is 42.8. The molecule has 27 heavy (non-hydrogen) atoms. The van der Waals surface area contributed by atoms with E-state index >= 15 is 0 Å². The van der Waals surface area contributed by atoms with Crippen molar-refractivity contribution < 1.29 is 0 Å². The van der Waals surface area contributed by atoms with Crippen molar-refractivity contribution in [3.8, 4) is 0 Å². The Balaban J connectivity index is 1.34. The maximum absolute atomic E-state index is 2.67. The van der Waals surface area contributed by atoms with Gasteiger partial charge in [0.25, 0.3) is 0 Å². The number of fused-ring (bicyclic) bond motifs is 5. The number of rotatable bonds is 3. The van der Waals surface area contributed by atoms with Gasteiger partial charge in [0, 0.05) is 0 Å². The van der Waals surface area contributed by atoms with Crippen LogP contribution in [0.25, 0.3) is 0 Å². The molecule has 2 fully saturated rings. The summed E-state index contributed by atoms with van der Waals surface area (Å²) in [6.07, 6.45) is 20.1. The van der Waals surface area contributed by atoms with Gasteiger partial charge < -0.3 is 0 Å². The van der Waals surface area contributed by atoms with Crippen LogP contribution in [0.5, 0.6) is 0 Å². The second kappa shape index (κ2) is 6.64. The lowest BCUT2D eigenvalue weighted by molar-refractivity contribution is -0.0827. The van der Waals surface area contributed by atoms with Crippen LogP contribution in [0.3, 0.4) is 0 Å². The molecule has 1 aromatic carbocycles. The van der Waals surface area contributed by atoms with Gasteiger partial charge in [-0.2, -0.15) is 0 Å². The molecule has 4 aliphatic carbocycles. The zero-order chi connectivity index (χ0) is 18.5. The lowest BCUT2D eigenvalue weighted by Crippen LogP contribution is -2.51. The number of allylic oxidation sites excluding steroid dienone is 4. The third-order valence-corrected chi connectivity index (χ3v) is 9.48. The van der Waals surface area contributed by atoms with Gasteiger partial charge in [0.2, 0.25) is 0 Å². The molecule has 0 aromatic heterocycles. The molecule has 2 saturated carbocycles. The molecule has 0 unspecified atom stereocenters. The standard InChI is InChI=1S/C27H36/c1-26-18-7-6-10-21(26)13-15-23-24-16-14-22(27(24,2)19-17-25(23)26)12-11-20-8-4-3-5-9-20/h3-9,14,21,23-25H,10-13,15-19H2,1-2H3/t21-,23+,24+,25+,26+,27-/m1/s1. The van der Waals surface area contributed by atoms with Gasteiger partial charge in [-0.25, -0.2) is 0 Å². The largest absolute Gasteiger partial charge is 0.0882 e. The molecule has 0 N–H and O–H groups in total. The van der Waals surface area contributed by atoms with Crippen molar-refractivity contribution in [1.82, 2.24) is 0 Å². The predicted molar refractivity (Wildman–Crippen MR) is 114 cm³/mol. The van der Waals surface area contributed by atoms with Crippen LogP contribution in [0.2, 0.25) is 0 Å². The molecular formula is C27H36. The summed E-state index contributed by atoms with van der Waals surface area (Å²) in [5.74, 6) is 3.83. The van der Waals surface area contributed by atoms with Crippen LogP contribution in [-0.4, -0.2) is 0 Å². The minimum atomic E-state index is 0.490. The van der Waals surface area contributed by atoms with Crippen molar-refractivity contribution in [3.05, 3.63) is 59.7 Å². The highest BCUT2D eigenvalue weighted by Crippen LogP contribution is 2.66. The Labute approximate surface area is 166 Å². The molecule has 5 rings (SSSR count). The molecule has 0 nitrogen and oxygen atoms in total. The Morgan fingerprint density at radius 2 is 1.74 bits per heavy atom. The average Bonchev–Trinajstić information content (AvgIpc) is 3.03. The van der Waals surface area contributed by atoms with Gasteiger partial charge in [-0.05, 0) is 97.9 Å². The lowest BCUT2D eigenvalue weighted by Gasteiger charge is -2.59. The molecule has 0 aliphatic heterocycles. The van der Waals surface area contributed by atoms with E-state index in [1.54, 1.807) is 5.57 Å². The van der Waals surface area contributed by atoms with Crippen molar-refractivity contribution in [2.45, 2.75) is 71.6 Å². The van der Waals surface area contributed by atoms with Crippen molar-refractivity contribution >= 4 is 0 Å². The molecule has 1 aromatic rings. The van der Waals surface area contributed by atoms with Gasteiger partial charge in [0.15, 0.2) is 0 Å². The van der Waals surface area contributed by atoms with Crippen molar-refractivity contribution in [2.24, 2.45) is 34.5 Å². The summed E-state index contributed by atoms with van der Waals surface area (Å²) in [7, 11) is 0. The summed E-state index contributed by atoms with van der Waals surface area (Å²) in [5.41, 5.74) is 4.38. The average molecular weight is 361 g/mol. The minimum Gasteiger partial charge on any atom is -0.0882 e. The van der Waals surface area contributed by atoms with E-state index in [-0.39, 0.29) is 0 Å². The Hall–Kier alpha value is -1.30. The highest BCUT2D eigenvalue weighted by atomic mass is 14.6. The van der Waals surface area contributed by atoms with Gasteiger partial charge in [-0.1, -0.05) is 68.0 Å². The quantitative estimate of drug-likeness (QED) is 0.494. The topological polar surface area (TPSA) is 0 Å². The molecular weight excluding hydrogens is 324 g/mol. The lowest BCUT2D eigenvalue weighted by atomic mass is 9.45. The van der Waals surface area contributed by atoms with Crippen LogP contribution in [0.4, 0.5) is 0 Å². The van der Waals surface area contributed by atoms with Crippen molar-refractivity contribution in [3.63, 3.8) is 0 Å². The monoisotopic (exact) mass is 360 g/mol. The summed E-state index contributed by atoms with van der Waals surface area (Å²) in [6, 6.07) is 11.1. The Kier molecular flexibility index (Phi) is 4.37. The second-order valence-electron chi connectivity index (χ2n) is 10.5. The smallest absolute Gasteiger partial charge is 0.00822 e. The number of benzene rings is 1. The summed E-state index contributed by atoms with van der Waals surface area (Å²) in [5, 5.41) is 0. The van der Waals surface area contributed by atoms with E-state index < -0.39 is 0 Å². The highest BCUT2D eigenvalue weighted by Gasteiger charge is 2.57. The van der Waals surface area contributed by atoms with Crippen LogP contribution in [0.1, 0.15) is 70.8 Å². The minimum absolute atomic E-state index is 0.490. The molecule has 0 radical (unpaired) electrons. The molecule has 0 spiro atoms. The molecule has 4 aliphatic rings. The summed E-state index contributed by atoms with van der Waals surface area (Å²) >= 11 is 0. The van der Waals surface area contributed by atoms with E-state index in [0.717, 1.165) is 23.7 Å². The van der Waals surface area contributed by atoms with Gasteiger partial charge in [0.05, 0.1) is 0 Å². The Morgan fingerprint density at radius 1 is 0.889 bits per heavy atom. The summed E-state index contributed by atoms with van der Waals surface area (Å²) in [4.78, 5) is 0. The number of aryl methyl sites for hydroxylation is 1. The van der Waals surface area contributed by atoms with Gasteiger partial charge >= 0.3 is 0 Å². The van der Waals surface area contributed by atoms with Gasteiger partial charge in [-0.3, -0.25) is 0 Å². The first-order chi connectivity index (χ1) is 13.1. The van der Waals surface area contributed by atoms with Crippen LogP contribution in [0, 0.1) is 34.5 Å². The van der Waals surface area contributed by atoms with Crippen molar-refractivity contribution in [1.29, 1.82) is 0 Å². The Morgan fingerprint density at radius 3 is 2.59 bits per heavy atom. The first kappa shape index (κ1) is 17.8. The zero-order valence-electron chi connectivity index (χ0n) is 17.3. The summed E-state index contributed by atoms with van der Waals surface area (Å²) < 4.78 is 0. The molecule has 0 heterocycles. The maximum atomic E-state index is 2.67. The van der Waals surface area contributed by atoms with Crippen molar-refractivity contribution in [2.75, 3.05) is 0 Å². The molecule has 0 amide bonds. The van der Waals surface area contributed by atoms with E-state index in [0.29, 0.717) is 10.8 Å². The maximum Gasteiger partial charge on any atom is -0.00822 e. The molecule has 0 bridgehead atoms. The molecule has 6 atom stereocenters. The van der Waals surface area contributed by atoms with E-state index in [1.807, 2.05) is 0 Å². The molecule has 0 saturated heterocycles. The number of hydrogen-bond acceptors (Lipinski definition) is 0. The third kappa shape index (κ3) is 2.78. The fraction of sp³-hybridized carbons (Fsp3) is 0.630. The SMILES string of the molecule is C[C@]12CC=CC[C@@H]1CC[C@@H]1[C@@H]2CC[C@]2(C)C(CCc3ccccc3)=CC[C@@H]12. The zero-order valence-corrected chi connectivity index (χ0v) is 17.3. The van der Waals surface area contributed by atoms with Gasteiger partial charge in [-0.15, -0.1) is 0 Å². The predicted octanol–water partition coefficient (Wildman–Crippen LogP) is 7.36. The fourth-order valence-electron chi connectivity index (χ4n) is 7.81. The fourth-order valence-corrected chi connectivity index (χ4v) is 7.81. The van der Waals surface area contributed by atoms with E-state index in [1.165, 1.54) is 63.4 Å². The van der Waals surface area contributed by atoms with E-state index in [4.69, 9.17) is 0 Å². The summed E-state index contributed by atoms with van der Waals surface area (Å²) in [6.45, 7) is 5.28. The van der Waals surface area contributed by atoms with E-state index in [2.05, 4.69) is 62.4 Å². The third-order valence-electron chi connectivity index (χ3n) is 9.48.